The lowest BCUT2D eigenvalue weighted by atomic mass is 9.97. The van der Waals surface area contributed by atoms with Crippen LogP contribution < -0.4 is 5.32 Å². The number of hydrogen-bond donors (Lipinski definition) is 2. The van der Waals surface area contributed by atoms with Crippen LogP contribution in [-0.4, -0.2) is 55.2 Å². The summed E-state index contributed by atoms with van der Waals surface area (Å²) in [7, 11) is 1.41. The van der Waals surface area contributed by atoms with E-state index in [1.165, 1.54) is 19.2 Å². The summed E-state index contributed by atoms with van der Waals surface area (Å²) < 4.78 is 17.8. The van der Waals surface area contributed by atoms with E-state index in [0.29, 0.717) is 31.2 Å². The molecule has 1 aromatic rings. The molecule has 0 saturated carbocycles. The number of aliphatic hydroxyl groups excluding tert-OH is 1. The molecule has 6 nitrogen and oxygen atoms in total. The van der Waals surface area contributed by atoms with Crippen molar-refractivity contribution in [3.05, 3.63) is 35.6 Å². The Hall–Kier alpha value is -2.15. The number of piperidine rings is 1. The molecule has 0 amide bonds. The van der Waals surface area contributed by atoms with Gasteiger partial charge in [-0.2, -0.15) is 0 Å². The van der Waals surface area contributed by atoms with Crippen LogP contribution in [0, 0.1) is 11.7 Å². The third-order valence-corrected chi connectivity index (χ3v) is 4.33. The largest absolute Gasteiger partial charge is 0.469 e. The molecule has 7 heteroatoms. The van der Waals surface area contributed by atoms with E-state index in [0.717, 1.165) is 12.8 Å². The van der Waals surface area contributed by atoms with E-state index >= 15 is 0 Å². The zero-order chi connectivity index (χ0) is 18.2. The average Bonchev–Trinajstić information content (AvgIpc) is 2.65. The molecule has 1 fully saturated rings. The maximum absolute atomic E-state index is 13.0. The fraction of sp³-hybridized carbons (Fsp3) is 0.556. The van der Waals surface area contributed by atoms with Gasteiger partial charge in [0.1, 0.15) is 5.82 Å². The molecule has 2 N–H and O–H groups in total. The first-order chi connectivity index (χ1) is 12.0. The topological polar surface area (TPSA) is 74.2 Å². The number of aliphatic hydroxyl groups is 1. The zero-order valence-electron chi connectivity index (χ0n) is 14.7. The van der Waals surface area contributed by atoms with E-state index in [1.54, 1.807) is 12.1 Å². The Bertz CT molecular complexity index is 584. The molecule has 0 radical (unpaired) electrons. The number of ether oxygens (including phenoxy) is 1. The standard InChI is InChI=1S/C18H26FN3O3/c1-3-20-18(22-10-8-14(9-11-22)17(24)25-2)21-12-16(23)13-4-6-15(19)7-5-13/h4-7,14,16,23H,3,8-12H2,1-2H3,(H,20,21). The van der Waals surface area contributed by atoms with Crippen LogP contribution in [0.1, 0.15) is 31.4 Å². The lowest BCUT2D eigenvalue weighted by Crippen LogP contribution is -2.46. The van der Waals surface area contributed by atoms with E-state index in [2.05, 4.69) is 15.2 Å². The number of esters is 1. The van der Waals surface area contributed by atoms with E-state index in [-0.39, 0.29) is 24.2 Å². The van der Waals surface area contributed by atoms with Crippen molar-refractivity contribution in [1.29, 1.82) is 0 Å². The van der Waals surface area contributed by atoms with Crippen LogP contribution in [0.5, 0.6) is 0 Å². The first kappa shape index (κ1) is 19.2. The van der Waals surface area contributed by atoms with Crippen molar-refractivity contribution in [2.75, 3.05) is 33.3 Å². The van der Waals surface area contributed by atoms with Crippen molar-refractivity contribution in [3.8, 4) is 0 Å². The van der Waals surface area contributed by atoms with Crippen LogP contribution in [0.3, 0.4) is 0 Å². The van der Waals surface area contributed by atoms with Crippen LogP contribution >= 0.6 is 0 Å². The number of benzene rings is 1. The van der Waals surface area contributed by atoms with E-state index < -0.39 is 6.10 Å². The molecule has 1 heterocycles. The summed E-state index contributed by atoms with van der Waals surface area (Å²) in [6, 6.07) is 5.77. The van der Waals surface area contributed by atoms with Crippen molar-refractivity contribution >= 4 is 11.9 Å². The van der Waals surface area contributed by atoms with Crippen LogP contribution in [-0.2, 0) is 9.53 Å². The third kappa shape index (κ3) is 5.42. The van der Waals surface area contributed by atoms with Crippen molar-refractivity contribution < 1.29 is 19.0 Å². The third-order valence-electron chi connectivity index (χ3n) is 4.33. The Morgan fingerprint density at radius 2 is 2.04 bits per heavy atom. The van der Waals surface area contributed by atoms with Gasteiger partial charge < -0.3 is 20.1 Å². The van der Waals surface area contributed by atoms with Crippen molar-refractivity contribution in [1.82, 2.24) is 10.2 Å². The summed E-state index contributed by atoms with van der Waals surface area (Å²) in [4.78, 5) is 18.2. The average molecular weight is 351 g/mol. The Morgan fingerprint density at radius 3 is 2.60 bits per heavy atom. The molecule has 25 heavy (non-hydrogen) atoms. The summed E-state index contributed by atoms with van der Waals surface area (Å²) in [6.07, 6.45) is 0.650. The van der Waals surface area contributed by atoms with Gasteiger partial charge >= 0.3 is 5.97 Å². The van der Waals surface area contributed by atoms with E-state index in [9.17, 15) is 14.3 Å². The molecule has 138 valence electrons. The molecule has 0 aliphatic carbocycles. The van der Waals surface area contributed by atoms with Gasteiger partial charge in [-0.05, 0) is 37.5 Å². The minimum absolute atomic E-state index is 0.0612. The Balaban J connectivity index is 1.96. The Labute approximate surface area is 147 Å². The van der Waals surface area contributed by atoms with E-state index in [4.69, 9.17) is 4.74 Å². The molecule has 2 rings (SSSR count). The fourth-order valence-corrected chi connectivity index (χ4v) is 2.88. The molecule has 0 bridgehead atoms. The van der Waals surface area contributed by atoms with Gasteiger partial charge in [-0.3, -0.25) is 9.79 Å². The highest BCUT2D eigenvalue weighted by molar-refractivity contribution is 5.80. The molecule has 1 aliphatic heterocycles. The minimum atomic E-state index is -0.790. The highest BCUT2D eigenvalue weighted by atomic mass is 19.1. The summed E-state index contributed by atoms with van der Waals surface area (Å²) in [5, 5.41) is 13.5. The molecule has 1 atom stereocenters. The number of nitrogens with zero attached hydrogens (tertiary/aromatic N) is 2. The predicted octanol–water partition coefficient (Wildman–Crippen LogP) is 1.71. The first-order valence-electron chi connectivity index (χ1n) is 8.59. The van der Waals surface area contributed by atoms with Gasteiger partial charge in [-0.25, -0.2) is 4.39 Å². The summed E-state index contributed by atoms with van der Waals surface area (Å²) in [5.41, 5.74) is 0.630. The monoisotopic (exact) mass is 351 g/mol. The number of aliphatic imine (C=N–C) groups is 1. The molecule has 1 unspecified atom stereocenters. The van der Waals surface area contributed by atoms with Crippen LogP contribution in [0.2, 0.25) is 0 Å². The van der Waals surface area contributed by atoms with E-state index in [1.807, 2.05) is 6.92 Å². The number of nitrogens with one attached hydrogen (secondary N) is 1. The number of carbonyl (C=O) groups excluding carboxylic acids is 1. The second-order valence-electron chi connectivity index (χ2n) is 6.05. The molecular weight excluding hydrogens is 325 g/mol. The van der Waals surface area contributed by atoms with Crippen LogP contribution in [0.15, 0.2) is 29.3 Å². The second kappa shape index (κ2) is 9.36. The van der Waals surface area contributed by atoms with Gasteiger partial charge in [0.05, 0.1) is 25.7 Å². The smallest absolute Gasteiger partial charge is 0.308 e. The lowest BCUT2D eigenvalue weighted by molar-refractivity contribution is -0.146. The zero-order valence-corrected chi connectivity index (χ0v) is 14.7. The summed E-state index contributed by atoms with van der Waals surface area (Å²) in [5.74, 6) is 0.162. The molecule has 0 aromatic heterocycles. The maximum Gasteiger partial charge on any atom is 0.308 e. The first-order valence-corrected chi connectivity index (χ1v) is 8.59. The highest BCUT2D eigenvalue weighted by Gasteiger charge is 2.27. The number of hydrogen-bond acceptors (Lipinski definition) is 4. The number of rotatable bonds is 5. The van der Waals surface area contributed by atoms with Gasteiger partial charge in [0.2, 0.25) is 0 Å². The predicted molar refractivity (Wildman–Crippen MR) is 93.7 cm³/mol. The SMILES string of the molecule is CCNC(=NCC(O)c1ccc(F)cc1)N1CCC(C(=O)OC)CC1. The fourth-order valence-electron chi connectivity index (χ4n) is 2.88. The number of halogens is 1. The van der Waals surface area contributed by atoms with Crippen molar-refractivity contribution in [2.45, 2.75) is 25.9 Å². The number of methoxy groups -OCH3 is 1. The Kier molecular flexibility index (Phi) is 7.18. The number of guanidine groups is 1. The molecule has 0 spiro atoms. The number of carbonyl (C=O) groups is 1. The van der Waals surface area contributed by atoms with Crippen LogP contribution in [0.4, 0.5) is 4.39 Å². The van der Waals surface area contributed by atoms with Crippen LogP contribution in [0.25, 0.3) is 0 Å². The second-order valence-corrected chi connectivity index (χ2v) is 6.05. The molecule has 1 saturated heterocycles. The Morgan fingerprint density at radius 1 is 1.40 bits per heavy atom. The van der Waals surface area contributed by atoms with Gasteiger partial charge in [0, 0.05) is 19.6 Å². The normalized spacial score (nSPS) is 17.3. The van der Waals surface area contributed by atoms with Gasteiger partial charge in [-0.1, -0.05) is 12.1 Å². The minimum Gasteiger partial charge on any atom is -0.469 e. The molecular formula is C18H26FN3O3. The maximum atomic E-state index is 13.0. The molecule has 1 aromatic carbocycles. The van der Waals surface area contributed by atoms with Gasteiger partial charge in [0.25, 0.3) is 0 Å². The van der Waals surface area contributed by atoms with Gasteiger partial charge in [-0.15, -0.1) is 0 Å². The quantitative estimate of drug-likeness (QED) is 0.480. The highest BCUT2D eigenvalue weighted by Crippen LogP contribution is 2.19. The summed E-state index contributed by atoms with van der Waals surface area (Å²) >= 11 is 0. The lowest BCUT2D eigenvalue weighted by Gasteiger charge is -2.33. The number of likely N-dealkylation sites (tertiary alicyclic amines) is 1. The van der Waals surface area contributed by atoms with Crippen molar-refractivity contribution in [3.63, 3.8) is 0 Å². The van der Waals surface area contributed by atoms with Gasteiger partial charge in [0.15, 0.2) is 5.96 Å². The summed E-state index contributed by atoms with van der Waals surface area (Å²) in [6.45, 7) is 4.29. The van der Waals surface area contributed by atoms with Crippen molar-refractivity contribution in [2.24, 2.45) is 10.9 Å². The molecule has 1 aliphatic rings.